The van der Waals surface area contributed by atoms with Crippen LogP contribution in [0.4, 0.5) is 22.7 Å². The Balaban J connectivity index is 1.59. The van der Waals surface area contributed by atoms with Crippen LogP contribution < -0.4 is 11.5 Å². The molecule has 3 aromatic heterocycles. The van der Waals surface area contributed by atoms with Crippen molar-refractivity contribution in [2.75, 3.05) is 11.5 Å². The van der Waals surface area contributed by atoms with Crippen LogP contribution in [0.25, 0.3) is 41.8 Å². The third kappa shape index (κ3) is 7.11. The monoisotopic (exact) mass is 748 g/mol. The Morgan fingerprint density at radius 1 is 0.760 bits per heavy atom. The van der Waals surface area contributed by atoms with E-state index in [4.69, 9.17) is 36.3 Å². The van der Waals surface area contributed by atoms with Crippen LogP contribution in [-0.2, 0) is 24.9 Å². The van der Waals surface area contributed by atoms with Crippen molar-refractivity contribution < 1.29 is 0 Å². The fourth-order valence-corrected chi connectivity index (χ4v) is 10.4. The van der Waals surface area contributed by atoms with E-state index >= 15 is 0 Å². The normalized spacial score (nSPS) is 12.8. The molecule has 0 saturated carbocycles. The lowest BCUT2D eigenvalue weighted by Gasteiger charge is -2.17. The lowest BCUT2D eigenvalue weighted by atomic mass is 9.88. The lowest BCUT2D eigenvalue weighted by molar-refractivity contribution is 0.721. The molecular weight excluding hydrogens is 713 g/mol. The average molecular weight is 749 g/mol. The molecule has 0 aliphatic rings. The van der Waals surface area contributed by atoms with E-state index in [-0.39, 0.29) is 5.92 Å². The molecule has 252 valence electrons. The third-order valence-corrected chi connectivity index (χ3v) is 13.1. The highest BCUT2D eigenvalue weighted by Crippen LogP contribution is 2.48. The molecule has 1 atom stereocenters. The molecule has 5 aromatic rings. The maximum Gasteiger partial charge on any atom is 0.108 e. The standard InChI is InChI=1S/C39H36N6S5/c1-6-10-24(27(19-40)25-11-8-13-29(42)36(25)44-46)33-17-22(4)38(49-33)31-15-16-32(48-31)39-23(5)18-34(50-39)35(21(3)7-2)28(20-41)26-12-9-14-30(43)37(26)45-47/h8-9,11-18,21H,6-7,10,42-43H2,1-5H3/b27-24+,35-28+. The molecule has 2 aromatic carbocycles. The Bertz CT molecular complexity index is 2250. The first-order chi connectivity index (χ1) is 24.1. The number of benzene rings is 2. The Kier molecular flexibility index (Phi) is 11.9. The SMILES string of the molecule is CCC/C(=C(/C#N)c1cccc(N)c1N=S)c1cc(C)c(-c2ccc(-c3sc(/C(=C(\C#N)c4cccc(N)c4N=S)C(C)CC)cc3C)s2)s1. The van der Waals surface area contributed by atoms with Crippen LogP contribution in [0.3, 0.4) is 0 Å². The van der Waals surface area contributed by atoms with E-state index in [1.165, 1.54) is 9.75 Å². The summed E-state index contributed by atoms with van der Waals surface area (Å²) in [7, 11) is 0. The molecule has 6 nitrogen and oxygen atoms in total. The largest absolute Gasteiger partial charge is 0.397 e. The van der Waals surface area contributed by atoms with Gasteiger partial charge in [0, 0.05) is 65.2 Å². The van der Waals surface area contributed by atoms with Crippen molar-refractivity contribution in [3.8, 4) is 31.6 Å². The van der Waals surface area contributed by atoms with Crippen molar-refractivity contribution in [1.82, 2.24) is 0 Å². The number of thiophene rings is 3. The number of hydrogen-bond acceptors (Lipinski definition) is 11. The summed E-state index contributed by atoms with van der Waals surface area (Å²) < 4.78 is 8.02. The van der Waals surface area contributed by atoms with Crippen LogP contribution in [0.2, 0.25) is 0 Å². The van der Waals surface area contributed by atoms with Gasteiger partial charge in [0.05, 0.1) is 22.5 Å². The van der Waals surface area contributed by atoms with Crippen LogP contribution in [0.15, 0.2) is 69.4 Å². The van der Waals surface area contributed by atoms with Gasteiger partial charge in [0.1, 0.15) is 23.5 Å². The number of rotatable bonds is 12. The fraction of sp³-hybridized carbons (Fsp3) is 0.231. The zero-order valence-electron chi connectivity index (χ0n) is 28.5. The van der Waals surface area contributed by atoms with Crippen LogP contribution in [-0.4, -0.2) is 0 Å². The van der Waals surface area contributed by atoms with E-state index < -0.39 is 0 Å². The summed E-state index contributed by atoms with van der Waals surface area (Å²) in [6.45, 7) is 10.6. The summed E-state index contributed by atoms with van der Waals surface area (Å²) in [5.74, 6) is 0.118. The van der Waals surface area contributed by atoms with Gasteiger partial charge in [-0.3, -0.25) is 0 Å². The van der Waals surface area contributed by atoms with Gasteiger partial charge in [-0.15, -0.1) is 34.0 Å². The molecular formula is C39H36N6S5. The molecule has 0 saturated heterocycles. The Morgan fingerprint density at radius 2 is 1.26 bits per heavy atom. The van der Waals surface area contributed by atoms with Gasteiger partial charge in [-0.1, -0.05) is 51.5 Å². The van der Waals surface area contributed by atoms with Gasteiger partial charge in [0.2, 0.25) is 0 Å². The Morgan fingerprint density at radius 3 is 1.74 bits per heavy atom. The summed E-state index contributed by atoms with van der Waals surface area (Å²) in [6, 6.07) is 24.6. The second-order valence-corrected chi connectivity index (χ2v) is 15.6. The third-order valence-electron chi connectivity index (χ3n) is 8.71. The van der Waals surface area contributed by atoms with E-state index in [9.17, 15) is 10.5 Å². The van der Waals surface area contributed by atoms with Crippen LogP contribution in [0.5, 0.6) is 0 Å². The maximum absolute atomic E-state index is 10.5. The predicted octanol–water partition coefficient (Wildman–Crippen LogP) is 12.4. The predicted molar refractivity (Wildman–Crippen MR) is 220 cm³/mol. The van der Waals surface area contributed by atoms with Crippen molar-refractivity contribution in [2.45, 2.75) is 53.9 Å². The maximum atomic E-state index is 10.5. The highest BCUT2D eigenvalue weighted by Gasteiger charge is 2.24. The highest BCUT2D eigenvalue weighted by molar-refractivity contribution is 7.47. The van der Waals surface area contributed by atoms with E-state index in [0.717, 1.165) is 61.0 Å². The average Bonchev–Trinajstić information content (AvgIpc) is 3.84. The topological polar surface area (TPSA) is 124 Å². The molecule has 5 rings (SSSR count). The fourth-order valence-electron chi connectivity index (χ4n) is 6.04. The molecule has 0 aliphatic carbocycles. The molecule has 0 radical (unpaired) electrons. The molecule has 4 N–H and O–H groups in total. The second-order valence-electron chi connectivity index (χ2n) is 12.0. The first kappa shape index (κ1) is 36.9. The number of aryl methyl sites for hydroxylation is 2. The number of nitriles is 2. The Labute approximate surface area is 316 Å². The van der Waals surface area contributed by atoms with Crippen molar-refractivity contribution in [1.29, 1.82) is 10.5 Å². The first-order valence-electron chi connectivity index (χ1n) is 16.2. The van der Waals surface area contributed by atoms with Crippen molar-refractivity contribution in [3.63, 3.8) is 0 Å². The van der Waals surface area contributed by atoms with E-state index in [0.29, 0.717) is 45.0 Å². The minimum atomic E-state index is 0.118. The molecule has 0 bridgehead atoms. The second kappa shape index (κ2) is 16.1. The summed E-state index contributed by atoms with van der Waals surface area (Å²) in [5, 5.41) is 20.9. The van der Waals surface area contributed by atoms with E-state index in [1.807, 2.05) is 24.3 Å². The number of anilines is 2. The number of nitrogens with two attached hydrogens (primary N) is 2. The summed E-state index contributed by atoms with van der Waals surface area (Å²) in [6.07, 6.45) is 2.47. The lowest BCUT2D eigenvalue weighted by Crippen LogP contribution is -2.01. The quantitative estimate of drug-likeness (QED) is 0.0966. The first-order valence-corrected chi connectivity index (χ1v) is 19.3. The van der Waals surface area contributed by atoms with Gasteiger partial charge in [-0.05, 0) is 91.3 Å². The number of allylic oxidation sites excluding steroid dienone is 4. The number of nitrogens with zero attached hydrogens (tertiary/aromatic N) is 4. The highest BCUT2D eigenvalue weighted by atomic mass is 32.1. The minimum absolute atomic E-state index is 0.118. The summed E-state index contributed by atoms with van der Waals surface area (Å²) >= 11 is 15.3. The van der Waals surface area contributed by atoms with Crippen LogP contribution in [0.1, 0.15) is 72.0 Å². The molecule has 0 fully saturated rings. The van der Waals surface area contributed by atoms with Gasteiger partial charge in [0.25, 0.3) is 0 Å². The minimum Gasteiger partial charge on any atom is -0.397 e. The molecule has 3 heterocycles. The summed E-state index contributed by atoms with van der Waals surface area (Å²) in [5.41, 5.74) is 20.9. The molecule has 1 unspecified atom stereocenters. The number of hydrogen-bond donors (Lipinski definition) is 2. The van der Waals surface area contributed by atoms with Crippen LogP contribution in [0, 0.1) is 42.4 Å². The number of nitrogen functional groups attached to an aromatic ring is 2. The van der Waals surface area contributed by atoms with Crippen molar-refractivity contribution in [3.05, 3.63) is 92.7 Å². The Hall–Kier alpha value is -4.36. The van der Waals surface area contributed by atoms with Crippen LogP contribution >= 0.6 is 34.0 Å². The molecule has 0 spiro atoms. The molecule has 0 amide bonds. The van der Waals surface area contributed by atoms with Gasteiger partial charge in [-0.2, -0.15) is 19.2 Å². The van der Waals surface area contributed by atoms with Gasteiger partial charge in [0.15, 0.2) is 0 Å². The molecule has 0 aliphatic heterocycles. The van der Waals surface area contributed by atoms with Crippen molar-refractivity contribution >= 4 is 104 Å². The van der Waals surface area contributed by atoms with E-state index in [2.05, 4.69) is 79.7 Å². The zero-order chi connectivity index (χ0) is 36.1. The van der Waals surface area contributed by atoms with Crippen molar-refractivity contribution in [2.24, 2.45) is 14.6 Å². The zero-order valence-corrected chi connectivity index (χ0v) is 32.5. The smallest absolute Gasteiger partial charge is 0.108 e. The van der Waals surface area contributed by atoms with Gasteiger partial charge in [-0.25, -0.2) is 0 Å². The summed E-state index contributed by atoms with van der Waals surface area (Å²) in [4.78, 5) is 6.77. The molecule has 11 heteroatoms. The molecule has 50 heavy (non-hydrogen) atoms. The van der Waals surface area contributed by atoms with Gasteiger partial charge < -0.3 is 11.5 Å². The van der Waals surface area contributed by atoms with Gasteiger partial charge >= 0.3 is 0 Å². The van der Waals surface area contributed by atoms with E-state index in [1.54, 1.807) is 46.1 Å².